The molecule has 0 bridgehead atoms. The van der Waals surface area contributed by atoms with Gasteiger partial charge in [-0.3, -0.25) is 0 Å². The molecule has 0 aromatic heterocycles. The molecule has 0 amide bonds. The van der Waals surface area contributed by atoms with Crippen LogP contribution in [0, 0.1) is 13.8 Å². The van der Waals surface area contributed by atoms with Gasteiger partial charge in [-0.25, -0.2) is 0 Å². The molecule has 0 aliphatic heterocycles. The van der Waals surface area contributed by atoms with Gasteiger partial charge < -0.3 is 10.6 Å². The summed E-state index contributed by atoms with van der Waals surface area (Å²) in [6.07, 6.45) is 0. The first-order valence-corrected chi connectivity index (χ1v) is 7.52. The maximum Gasteiger partial charge on any atom is 0.171 e. The van der Waals surface area contributed by atoms with Crippen molar-refractivity contribution in [2.75, 3.05) is 5.32 Å². The van der Waals surface area contributed by atoms with Crippen molar-refractivity contribution in [2.24, 2.45) is 0 Å². The molecule has 1 aromatic rings. The quantitative estimate of drug-likeness (QED) is 0.735. The molecule has 3 heteroatoms. The second-order valence-corrected chi connectivity index (χ2v) is 7.97. The monoisotopic (exact) mass is 292 g/mol. The Labute approximate surface area is 129 Å². The predicted molar refractivity (Wildman–Crippen MR) is 93.7 cm³/mol. The molecule has 1 rings (SSSR count). The fourth-order valence-electron chi connectivity index (χ4n) is 2.08. The van der Waals surface area contributed by atoms with Gasteiger partial charge in [0, 0.05) is 11.2 Å². The third-order valence-electron chi connectivity index (χ3n) is 3.13. The molecule has 2 nitrogen and oxygen atoms in total. The number of hydrogen-bond acceptors (Lipinski definition) is 1. The number of nitrogens with one attached hydrogen (secondary N) is 2. The van der Waals surface area contributed by atoms with Gasteiger partial charge in [-0.15, -0.1) is 0 Å². The first kappa shape index (κ1) is 17.0. The summed E-state index contributed by atoms with van der Waals surface area (Å²) < 4.78 is 0. The number of aryl methyl sites for hydroxylation is 2. The molecule has 1 aromatic carbocycles. The van der Waals surface area contributed by atoms with Crippen molar-refractivity contribution in [3.8, 4) is 0 Å². The highest BCUT2D eigenvalue weighted by Crippen LogP contribution is 2.29. The molecule has 20 heavy (non-hydrogen) atoms. The summed E-state index contributed by atoms with van der Waals surface area (Å²) in [6.45, 7) is 17.3. The Morgan fingerprint density at radius 2 is 1.40 bits per heavy atom. The molecule has 0 aliphatic rings. The highest BCUT2D eigenvalue weighted by Gasteiger charge is 2.17. The van der Waals surface area contributed by atoms with Crippen LogP contribution in [0.25, 0.3) is 0 Å². The van der Waals surface area contributed by atoms with Crippen molar-refractivity contribution in [1.82, 2.24) is 5.32 Å². The Bertz CT molecular complexity index is 482. The summed E-state index contributed by atoms with van der Waals surface area (Å²) in [7, 11) is 0. The van der Waals surface area contributed by atoms with Crippen LogP contribution in [0.3, 0.4) is 0 Å². The summed E-state index contributed by atoms with van der Waals surface area (Å²) >= 11 is 5.39. The average molecular weight is 292 g/mol. The minimum Gasteiger partial charge on any atom is -0.358 e. The van der Waals surface area contributed by atoms with Crippen LogP contribution in [-0.2, 0) is 5.41 Å². The summed E-state index contributed by atoms with van der Waals surface area (Å²) in [4.78, 5) is 0. The van der Waals surface area contributed by atoms with E-state index < -0.39 is 0 Å². The van der Waals surface area contributed by atoms with Crippen LogP contribution < -0.4 is 10.6 Å². The van der Waals surface area contributed by atoms with Crippen LogP contribution in [0.2, 0.25) is 0 Å². The third kappa shape index (κ3) is 4.78. The maximum absolute atomic E-state index is 5.39. The van der Waals surface area contributed by atoms with Crippen molar-refractivity contribution in [3.05, 3.63) is 28.8 Å². The second kappa shape index (κ2) is 5.72. The minimum absolute atomic E-state index is 0.0305. The summed E-state index contributed by atoms with van der Waals surface area (Å²) in [5.41, 5.74) is 5.06. The molecule has 0 spiro atoms. The standard InChI is InChI=1S/C17H28N2S/c1-11-9-13(16(3,4)5)10-12(2)14(11)18-15(20)19-17(6,7)8/h9-10H,1-8H3,(H2,18,19,20). The van der Waals surface area contributed by atoms with E-state index in [4.69, 9.17) is 12.2 Å². The highest BCUT2D eigenvalue weighted by atomic mass is 32.1. The Morgan fingerprint density at radius 1 is 0.950 bits per heavy atom. The van der Waals surface area contributed by atoms with Crippen molar-refractivity contribution in [3.63, 3.8) is 0 Å². The van der Waals surface area contributed by atoms with Crippen LogP contribution in [0.4, 0.5) is 5.69 Å². The molecule has 0 fully saturated rings. The van der Waals surface area contributed by atoms with Gasteiger partial charge in [-0.1, -0.05) is 32.9 Å². The Morgan fingerprint density at radius 3 is 1.75 bits per heavy atom. The van der Waals surface area contributed by atoms with Gasteiger partial charge >= 0.3 is 0 Å². The zero-order valence-corrected chi connectivity index (χ0v) is 14.9. The zero-order chi connectivity index (χ0) is 15.7. The molecule has 0 heterocycles. The van der Waals surface area contributed by atoms with Crippen molar-refractivity contribution >= 4 is 23.0 Å². The Hall–Kier alpha value is -1.09. The van der Waals surface area contributed by atoms with Crippen molar-refractivity contribution < 1.29 is 0 Å². The fraction of sp³-hybridized carbons (Fsp3) is 0.588. The number of rotatable bonds is 1. The van der Waals surface area contributed by atoms with E-state index in [2.05, 4.69) is 78.2 Å². The van der Waals surface area contributed by atoms with Crippen molar-refractivity contribution in [2.45, 2.75) is 66.3 Å². The topological polar surface area (TPSA) is 24.1 Å². The van der Waals surface area contributed by atoms with E-state index in [0.29, 0.717) is 5.11 Å². The average Bonchev–Trinajstić information content (AvgIpc) is 2.19. The normalized spacial score (nSPS) is 12.2. The van der Waals surface area contributed by atoms with Gasteiger partial charge in [-0.2, -0.15) is 0 Å². The zero-order valence-electron chi connectivity index (χ0n) is 14.1. The molecule has 0 saturated carbocycles. The lowest BCUT2D eigenvalue weighted by Gasteiger charge is -2.26. The number of thiocarbonyl (C=S) groups is 1. The van der Waals surface area contributed by atoms with E-state index in [1.54, 1.807) is 0 Å². The van der Waals surface area contributed by atoms with E-state index in [1.807, 2.05) is 0 Å². The van der Waals surface area contributed by atoms with Crippen molar-refractivity contribution in [1.29, 1.82) is 0 Å². The molecule has 0 radical (unpaired) electrons. The summed E-state index contributed by atoms with van der Waals surface area (Å²) in [5.74, 6) is 0. The lowest BCUT2D eigenvalue weighted by atomic mass is 9.85. The van der Waals surface area contributed by atoms with Crippen LogP contribution >= 0.6 is 12.2 Å². The maximum atomic E-state index is 5.39. The minimum atomic E-state index is -0.0305. The molecular formula is C17H28N2S. The molecule has 0 atom stereocenters. The van der Waals surface area contributed by atoms with Crippen LogP contribution in [-0.4, -0.2) is 10.7 Å². The van der Waals surface area contributed by atoms with Gasteiger partial charge in [0.25, 0.3) is 0 Å². The van der Waals surface area contributed by atoms with Gasteiger partial charge in [0.2, 0.25) is 0 Å². The SMILES string of the molecule is Cc1cc(C(C)(C)C)cc(C)c1NC(=S)NC(C)(C)C. The second-order valence-electron chi connectivity index (χ2n) is 7.56. The Balaban J connectivity index is 3.01. The van der Waals surface area contributed by atoms with E-state index in [0.717, 1.165) is 5.69 Å². The fourth-order valence-corrected chi connectivity index (χ4v) is 2.49. The smallest absolute Gasteiger partial charge is 0.171 e. The van der Waals surface area contributed by atoms with Crippen LogP contribution in [0.5, 0.6) is 0 Å². The largest absolute Gasteiger partial charge is 0.358 e. The molecule has 0 aliphatic carbocycles. The molecule has 2 N–H and O–H groups in total. The van der Waals surface area contributed by atoms with Gasteiger partial charge in [0.15, 0.2) is 5.11 Å². The van der Waals surface area contributed by atoms with Gasteiger partial charge in [0.1, 0.15) is 0 Å². The molecular weight excluding hydrogens is 264 g/mol. The number of anilines is 1. The van der Waals surface area contributed by atoms with E-state index in [9.17, 15) is 0 Å². The van der Waals surface area contributed by atoms with Gasteiger partial charge in [0.05, 0.1) is 0 Å². The van der Waals surface area contributed by atoms with E-state index in [-0.39, 0.29) is 11.0 Å². The number of benzene rings is 1. The Kier molecular flexibility index (Phi) is 4.86. The molecule has 0 saturated heterocycles. The first-order valence-electron chi connectivity index (χ1n) is 7.11. The van der Waals surface area contributed by atoms with Gasteiger partial charge in [-0.05, 0) is 68.9 Å². The number of hydrogen-bond donors (Lipinski definition) is 2. The molecule has 112 valence electrons. The van der Waals surface area contributed by atoms with E-state index in [1.165, 1.54) is 16.7 Å². The summed E-state index contributed by atoms with van der Waals surface area (Å²) in [6, 6.07) is 4.49. The first-order chi connectivity index (χ1) is 8.90. The van der Waals surface area contributed by atoms with E-state index >= 15 is 0 Å². The summed E-state index contributed by atoms with van der Waals surface area (Å²) in [5, 5.41) is 7.29. The van der Waals surface area contributed by atoms with Crippen LogP contribution in [0.1, 0.15) is 58.2 Å². The lowest BCUT2D eigenvalue weighted by molar-refractivity contribution is 0.515. The predicted octanol–water partition coefficient (Wildman–Crippen LogP) is 4.69. The lowest BCUT2D eigenvalue weighted by Crippen LogP contribution is -2.43. The molecule has 0 unspecified atom stereocenters. The highest BCUT2D eigenvalue weighted by molar-refractivity contribution is 7.80. The van der Waals surface area contributed by atoms with Crippen LogP contribution in [0.15, 0.2) is 12.1 Å². The third-order valence-corrected chi connectivity index (χ3v) is 3.33.